The number of alkyl halides is 2. The quantitative estimate of drug-likeness (QED) is 0.358. The lowest BCUT2D eigenvalue weighted by atomic mass is 10.0. The van der Waals surface area contributed by atoms with E-state index >= 15 is 0 Å². The van der Waals surface area contributed by atoms with E-state index in [1.54, 1.807) is 42.9 Å². The van der Waals surface area contributed by atoms with Crippen molar-refractivity contribution in [3.05, 3.63) is 96.0 Å². The first-order valence-electron chi connectivity index (χ1n) is 11.1. The summed E-state index contributed by atoms with van der Waals surface area (Å²) in [4.78, 5) is 21.8. The van der Waals surface area contributed by atoms with E-state index in [4.69, 9.17) is 4.74 Å². The Balaban J connectivity index is 1.71. The highest BCUT2D eigenvalue weighted by molar-refractivity contribution is 5.76. The van der Waals surface area contributed by atoms with Crippen molar-refractivity contribution in [2.24, 2.45) is 0 Å². The number of carboxylic acids is 1. The van der Waals surface area contributed by atoms with Gasteiger partial charge in [-0.3, -0.25) is 4.98 Å². The van der Waals surface area contributed by atoms with Gasteiger partial charge in [0.2, 0.25) is 0 Å². The fourth-order valence-electron chi connectivity index (χ4n) is 3.34. The largest absolute Gasteiger partial charge is 0.478 e. The molecule has 2 aromatic carbocycles. The van der Waals surface area contributed by atoms with Crippen molar-refractivity contribution >= 4 is 11.8 Å². The number of carboxylic acid groups (broad SMARTS) is 1. The van der Waals surface area contributed by atoms with Crippen LogP contribution in [0.4, 0.5) is 14.6 Å². The van der Waals surface area contributed by atoms with Gasteiger partial charge in [0.15, 0.2) is 5.60 Å². The third kappa shape index (κ3) is 6.62. The molecule has 0 unspecified atom stereocenters. The Morgan fingerprint density at radius 2 is 1.69 bits per heavy atom. The van der Waals surface area contributed by atoms with Gasteiger partial charge in [0.1, 0.15) is 11.6 Å². The second-order valence-corrected chi connectivity index (χ2v) is 8.85. The summed E-state index contributed by atoms with van der Waals surface area (Å²) in [6, 6.07) is 13.5. The van der Waals surface area contributed by atoms with Gasteiger partial charge in [-0.15, -0.1) is 0 Å². The van der Waals surface area contributed by atoms with Gasteiger partial charge in [0.25, 0.3) is 5.92 Å². The molecule has 35 heavy (non-hydrogen) atoms. The van der Waals surface area contributed by atoms with E-state index in [9.17, 15) is 18.7 Å². The third-order valence-electron chi connectivity index (χ3n) is 5.58. The van der Waals surface area contributed by atoms with Crippen LogP contribution in [0.25, 0.3) is 0 Å². The van der Waals surface area contributed by atoms with Crippen molar-refractivity contribution in [2.45, 2.75) is 45.3 Å². The van der Waals surface area contributed by atoms with E-state index in [1.807, 2.05) is 17.0 Å². The Morgan fingerprint density at radius 1 is 1.06 bits per heavy atom. The Hall–Kier alpha value is -3.81. The zero-order valence-electron chi connectivity index (χ0n) is 20.0. The molecule has 0 aliphatic rings. The summed E-state index contributed by atoms with van der Waals surface area (Å²) in [6.45, 7) is 8.76. The molecule has 0 saturated heterocycles. The minimum absolute atomic E-state index is 0.0896. The fraction of sp³-hybridized carbons (Fsp3) is 0.296. The van der Waals surface area contributed by atoms with Crippen LogP contribution in [0.15, 0.2) is 79.3 Å². The van der Waals surface area contributed by atoms with Crippen LogP contribution in [0.5, 0.6) is 5.75 Å². The molecule has 0 aliphatic heterocycles. The number of hydrogen-bond donors (Lipinski definition) is 1. The van der Waals surface area contributed by atoms with E-state index < -0.39 is 17.5 Å². The van der Waals surface area contributed by atoms with E-state index in [-0.39, 0.29) is 11.1 Å². The van der Waals surface area contributed by atoms with Crippen LogP contribution in [-0.2, 0) is 23.7 Å². The van der Waals surface area contributed by atoms with E-state index in [0.29, 0.717) is 31.1 Å². The van der Waals surface area contributed by atoms with Crippen LogP contribution in [0.1, 0.15) is 37.5 Å². The number of ether oxygens (including phenoxy) is 1. The standard InChI is InChI=1S/C27H29F2N3O3/c1-19(2)27(28,29)22-9-5-21(6-10-22)18-32(24-17-30-14-15-31-24)16-13-20-7-11-23(12-8-20)35-26(3,4)25(33)34/h5-12,14-15,17H,1,13,16,18H2,2-4H3,(H,33,34). The Bertz CT molecular complexity index is 1150. The smallest absolute Gasteiger partial charge is 0.347 e. The lowest BCUT2D eigenvalue weighted by Gasteiger charge is -2.24. The number of rotatable bonds is 11. The zero-order valence-corrected chi connectivity index (χ0v) is 20.0. The highest BCUT2D eigenvalue weighted by Gasteiger charge is 2.32. The molecular weight excluding hydrogens is 452 g/mol. The minimum Gasteiger partial charge on any atom is -0.478 e. The first-order chi connectivity index (χ1) is 16.5. The van der Waals surface area contributed by atoms with Crippen molar-refractivity contribution < 1.29 is 23.4 Å². The van der Waals surface area contributed by atoms with Crippen LogP contribution < -0.4 is 9.64 Å². The summed E-state index contributed by atoms with van der Waals surface area (Å²) in [6.07, 6.45) is 5.53. The molecule has 1 aromatic heterocycles. The Kier molecular flexibility index (Phi) is 7.84. The number of anilines is 1. The number of carbonyl (C=O) groups is 1. The molecule has 0 radical (unpaired) electrons. The summed E-state index contributed by atoms with van der Waals surface area (Å²) in [7, 11) is 0. The highest BCUT2D eigenvalue weighted by Crippen LogP contribution is 2.34. The molecule has 184 valence electrons. The number of hydrogen-bond acceptors (Lipinski definition) is 5. The second kappa shape index (κ2) is 10.6. The normalized spacial score (nSPS) is 11.7. The number of allylic oxidation sites excluding steroid dienone is 1. The van der Waals surface area contributed by atoms with E-state index in [0.717, 1.165) is 11.1 Å². The number of nitrogens with zero attached hydrogens (tertiary/aromatic N) is 3. The summed E-state index contributed by atoms with van der Waals surface area (Å²) < 4.78 is 34.0. The van der Waals surface area contributed by atoms with E-state index in [2.05, 4.69) is 16.5 Å². The summed E-state index contributed by atoms with van der Waals surface area (Å²) in [5.41, 5.74) is 0.267. The summed E-state index contributed by atoms with van der Waals surface area (Å²) in [5.74, 6) is -2.97. The number of benzene rings is 2. The molecule has 8 heteroatoms. The molecule has 0 spiro atoms. The molecule has 0 fully saturated rings. The summed E-state index contributed by atoms with van der Waals surface area (Å²) in [5, 5.41) is 9.23. The molecule has 6 nitrogen and oxygen atoms in total. The van der Waals surface area contributed by atoms with Gasteiger partial charge in [-0.05, 0) is 56.0 Å². The Morgan fingerprint density at radius 3 is 2.23 bits per heavy atom. The van der Waals surface area contributed by atoms with Crippen molar-refractivity contribution in [1.82, 2.24) is 9.97 Å². The Labute approximate surface area is 203 Å². The second-order valence-electron chi connectivity index (χ2n) is 8.85. The average Bonchev–Trinajstić information content (AvgIpc) is 2.83. The van der Waals surface area contributed by atoms with Gasteiger partial charge in [0, 0.05) is 31.0 Å². The van der Waals surface area contributed by atoms with Crippen molar-refractivity contribution in [1.29, 1.82) is 0 Å². The fourth-order valence-corrected chi connectivity index (χ4v) is 3.34. The number of aliphatic carboxylic acids is 1. The number of aromatic nitrogens is 2. The first-order valence-corrected chi connectivity index (χ1v) is 11.1. The highest BCUT2D eigenvalue weighted by atomic mass is 19.3. The molecule has 3 rings (SSSR count). The minimum atomic E-state index is -3.07. The maximum absolute atomic E-state index is 14.2. The molecule has 0 aliphatic carbocycles. The van der Waals surface area contributed by atoms with Crippen LogP contribution in [0.3, 0.4) is 0 Å². The van der Waals surface area contributed by atoms with Crippen LogP contribution >= 0.6 is 0 Å². The summed E-state index contributed by atoms with van der Waals surface area (Å²) >= 11 is 0. The van der Waals surface area contributed by atoms with Crippen molar-refractivity contribution in [3.8, 4) is 5.75 Å². The number of halogens is 2. The maximum atomic E-state index is 14.2. The molecule has 0 bridgehead atoms. The third-order valence-corrected chi connectivity index (χ3v) is 5.58. The lowest BCUT2D eigenvalue weighted by molar-refractivity contribution is -0.152. The molecular formula is C27H29F2N3O3. The lowest BCUT2D eigenvalue weighted by Crippen LogP contribution is -2.37. The van der Waals surface area contributed by atoms with E-state index in [1.165, 1.54) is 32.9 Å². The van der Waals surface area contributed by atoms with Gasteiger partial charge in [-0.1, -0.05) is 43.0 Å². The maximum Gasteiger partial charge on any atom is 0.347 e. The predicted octanol–water partition coefficient (Wildman–Crippen LogP) is 5.64. The van der Waals surface area contributed by atoms with Crippen molar-refractivity contribution in [2.75, 3.05) is 11.4 Å². The van der Waals surface area contributed by atoms with Crippen LogP contribution in [-0.4, -0.2) is 33.2 Å². The van der Waals surface area contributed by atoms with Gasteiger partial charge >= 0.3 is 5.97 Å². The zero-order chi connectivity index (χ0) is 25.6. The molecule has 1 heterocycles. The molecule has 0 atom stereocenters. The molecule has 0 saturated carbocycles. The topological polar surface area (TPSA) is 75.5 Å². The van der Waals surface area contributed by atoms with Crippen LogP contribution in [0.2, 0.25) is 0 Å². The molecule has 3 aromatic rings. The average molecular weight is 482 g/mol. The monoisotopic (exact) mass is 481 g/mol. The van der Waals surface area contributed by atoms with Gasteiger partial charge < -0.3 is 14.7 Å². The first kappa shape index (κ1) is 25.8. The van der Waals surface area contributed by atoms with Crippen LogP contribution in [0, 0.1) is 0 Å². The van der Waals surface area contributed by atoms with Crippen molar-refractivity contribution in [3.63, 3.8) is 0 Å². The van der Waals surface area contributed by atoms with Gasteiger partial charge in [-0.2, -0.15) is 8.78 Å². The predicted molar refractivity (Wildman–Crippen MR) is 131 cm³/mol. The molecule has 1 N–H and O–H groups in total. The SMILES string of the molecule is C=C(C)C(F)(F)c1ccc(CN(CCc2ccc(OC(C)(C)C(=O)O)cc2)c2cnccn2)cc1. The van der Waals surface area contributed by atoms with Gasteiger partial charge in [0.05, 0.1) is 6.20 Å². The molecule has 0 amide bonds. The van der Waals surface area contributed by atoms with Gasteiger partial charge in [-0.25, -0.2) is 9.78 Å².